The van der Waals surface area contributed by atoms with Crippen LogP contribution in [-0.4, -0.2) is 0 Å². The third kappa shape index (κ3) is 9.34. The molecule has 162 valence electrons. The Morgan fingerprint density at radius 2 is 1.34 bits per heavy atom. The number of unbranched alkanes of at least 4 members (excludes halogenated alkanes) is 9. The van der Waals surface area contributed by atoms with Crippen LogP contribution in [0.2, 0.25) is 0 Å². The maximum absolute atomic E-state index is 2.45. The first-order valence-corrected chi connectivity index (χ1v) is 11.8. The summed E-state index contributed by atoms with van der Waals surface area (Å²) in [5.41, 5.74) is 4.31. The highest BCUT2D eigenvalue weighted by molar-refractivity contribution is 5.20. The van der Waals surface area contributed by atoms with E-state index in [9.17, 15) is 0 Å². The fraction of sp³-hybridized carbons (Fsp3) is 0.593. The largest absolute Gasteiger partial charge is 1.00 e. The minimum atomic E-state index is 0. The van der Waals surface area contributed by atoms with Gasteiger partial charge >= 0.3 is 0 Å². The molecule has 0 radical (unpaired) electrons. The van der Waals surface area contributed by atoms with Crippen molar-refractivity contribution in [2.45, 2.75) is 104 Å². The first kappa shape index (κ1) is 25.7. The molecule has 2 heteroatoms. The Morgan fingerprint density at radius 1 is 0.759 bits per heavy atom. The van der Waals surface area contributed by atoms with E-state index in [1.807, 2.05) is 0 Å². The van der Waals surface area contributed by atoms with Gasteiger partial charge in [0.1, 0.15) is 0 Å². The molecule has 0 bridgehead atoms. The maximum atomic E-state index is 2.45. The lowest BCUT2D eigenvalue weighted by Crippen LogP contribution is -3.00. The van der Waals surface area contributed by atoms with E-state index >= 15 is 0 Å². The Bertz CT molecular complexity index is 653. The van der Waals surface area contributed by atoms with E-state index in [4.69, 9.17) is 0 Å². The van der Waals surface area contributed by atoms with Gasteiger partial charge in [-0.25, -0.2) is 0 Å². The van der Waals surface area contributed by atoms with Crippen LogP contribution in [0.25, 0.3) is 0 Å². The Kier molecular flexibility index (Phi) is 13.7. The predicted molar refractivity (Wildman–Crippen MR) is 122 cm³/mol. The molecule has 0 fully saturated rings. The predicted octanol–water partition coefficient (Wildman–Crippen LogP) is 4.75. The number of benzene rings is 1. The number of pyridine rings is 1. The van der Waals surface area contributed by atoms with Crippen LogP contribution in [-0.2, 0) is 6.42 Å². The molecule has 1 nitrogen and oxygen atoms in total. The van der Waals surface area contributed by atoms with Gasteiger partial charge in [-0.3, -0.25) is 0 Å². The molecule has 0 aliphatic heterocycles. The second-order valence-corrected chi connectivity index (χ2v) is 8.35. The monoisotopic (exact) mass is 415 g/mol. The van der Waals surface area contributed by atoms with Gasteiger partial charge in [0.25, 0.3) is 0 Å². The van der Waals surface area contributed by atoms with Crippen molar-refractivity contribution in [3.63, 3.8) is 0 Å². The fourth-order valence-electron chi connectivity index (χ4n) is 4.18. The highest BCUT2D eigenvalue weighted by atomic mass is 35.5. The molecule has 1 unspecified atom stereocenters. The molecule has 0 N–H and O–H groups in total. The van der Waals surface area contributed by atoms with Crippen molar-refractivity contribution in [2.24, 2.45) is 0 Å². The summed E-state index contributed by atoms with van der Waals surface area (Å²) in [4.78, 5) is 0. The Labute approximate surface area is 186 Å². The summed E-state index contributed by atoms with van der Waals surface area (Å²) < 4.78 is 2.45. The average Bonchev–Trinajstić information content (AvgIpc) is 2.73. The van der Waals surface area contributed by atoms with Gasteiger partial charge in [0.2, 0.25) is 0 Å². The number of aryl methyl sites for hydroxylation is 2. The molecule has 1 heterocycles. The second-order valence-electron chi connectivity index (χ2n) is 8.35. The van der Waals surface area contributed by atoms with Gasteiger partial charge in [0.15, 0.2) is 18.4 Å². The normalized spacial score (nSPS) is 11.8. The number of nitrogens with zero attached hydrogens (tertiary/aromatic N) is 1. The van der Waals surface area contributed by atoms with E-state index in [2.05, 4.69) is 74.1 Å². The number of hydrogen-bond acceptors (Lipinski definition) is 0. The zero-order chi connectivity index (χ0) is 20.0. The molecule has 0 aliphatic carbocycles. The molecule has 1 aromatic carbocycles. The smallest absolute Gasteiger partial charge is 0.183 e. The molecule has 0 saturated heterocycles. The van der Waals surface area contributed by atoms with Crippen molar-refractivity contribution < 1.29 is 17.0 Å². The first-order chi connectivity index (χ1) is 13.8. The third-order valence-electron chi connectivity index (χ3n) is 6.06. The fourth-order valence-corrected chi connectivity index (χ4v) is 4.18. The van der Waals surface area contributed by atoms with Crippen molar-refractivity contribution in [1.29, 1.82) is 0 Å². The molecule has 2 aromatic rings. The topological polar surface area (TPSA) is 3.88 Å². The molecule has 0 amide bonds. The molecule has 2 rings (SSSR count). The minimum Gasteiger partial charge on any atom is -1.00 e. The summed E-state index contributed by atoms with van der Waals surface area (Å²) in [7, 11) is 0. The summed E-state index contributed by atoms with van der Waals surface area (Å²) in [6.07, 6.45) is 21.0. The lowest BCUT2D eigenvalue weighted by Gasteiger charge is -2.14. The molecule has 1 aromatic heterocycles. The standard InChI is InChI=1S/C27H42N.ClH/c1-4-6-7-8-9-10-11-12-13-17-20-27(26-18-15-14-16-19-26)28-22-21-24(3)25(5-2)23-28;/h14-16,18-19,21-23,27H,4-13,17,20H2,1-3H3;1H/q+1;/p-1. The summed E-state index contributed by atoms with van der Waals surface area (Å²) in [5.74, 6) is 0. The zero-order valence-corrected chi connectivity index (χ0v) is 19.8. The second kappa shape index (κ2) is 15.5. The van der Waals surface area contributed by atoms with Gasteiger partial charge in [-0.05, 0) is 25.3 Å². The van der Waals surface area contributed by atoms with Crippen LogP contribution in [0.1, 0.15) is 107 Å². The molecule has 1 atom stereocenters. The van der Waals surface area contributed by atoms with E-state index < -0.39 is 0 Å². The van der Waals surface area contributed by atoms with Gasteiger partial charge in [-0.15, -0.1) is 0 Å². The third-order valence-corrected chi connectivity index (χ3v) is 6.06. The number of aromatic nitrogens is 1. The molecule has 0 spiro atoms. The van der Waals surface area contributed by atoms with Gasteiger partial charge < -0.3 is 12.4 Å². The number of halogens is 1. The highest BCUT2D eigenvalue weighted by Gasteiger charge is 2.21. The molecular formula is C27H42ClN. The van der Waals surface area contributed by atoms with Crippen molar-refractivity contribution in [3.05, 3.63) is 65.5 Å². The van der Waals surface area contributed by atoms with E-state index in [0.717, 1.165) is 6.42 Å². The van der Waals surface area contributed by atoms with Crippen LogP contribution < -0.4 is 17.0 Å². The highest BCUT2D eigenvalue weighted by Crippen LogP contribution is 2.21. The summed E-state index contributed by atoms with van der Waals surface area (Å²) >= 11 is 0. The van der Waals surface area contributed by atoms with Crippen molar-refractivity contribution in [2.75, 3.05) is 0 Å². The van der Waals surface area contributed by atoms with Crippen molar-refractivity contribution >= 4 is 0 Å². The molecule has 0 saturated carbocycles. The lowest BCUT2D eigenvalue weighted by atomic mass is 9.98. The zero-order valence-electron chi connectivity index (χ0n) is 19.0. The van der Waals surface area contributed by atoms with Crippen LogP contribution in [0.5, 0.6) is 0 Å². The van der Waals surface area contributed by atoms with Crippen LogP contribution in [0.4, 0.5) is 0 Å². The SMILES string of the molecule is CCCCCCCCCCCCC(c1ccccc1)[n+]1ccc(C)c(CC)c1.[Cl-]. The van der Waals surface area contributed by atoms with E-state index in [-0.39, 0.29) is 12.4 Å². The maximum Gasteiger partial charge on any atom is 0.183 e. The van der Waals surface area contributed by atoms with Gasteiger partial charge in [-0.2, -0.15) is 4.57 Å². The number of hydrogen-bond donors (Lipinski definition) is 0. The minimum absolute atomic E-state index is 0. The van der Waals surface area contributed by atoms with Crippen LogP contribution in [0.15, 0.2) is 48.8 Å². The van der Waals surface area contributed by atoms with Crippen molar-refractivity contribution in [1.82, 2.24) is 0 Å². The molecule has 29 heavy (non-hydrogen) atoms. The van der Waals surface area contributed by atoms with Gasteiger partial charge in [0, 0.05) is 23.6 Å². The van der Waals surface area contributed by atoms with Gasteiger partial charge in [0.05, 0.1) is 0 Å². The molecule has 0 aliphatic rings. The van der Waals surface area contributed by atoms with Gasteiger partial charge in [-0.1, -0.05) is 102 Å². The lowest BCUT2D eigenvalue weighted by molar-refractivity contribution is -0.715. The van der Waals surface area contributed by atoms with E-state index in [1.165, 1.54) is 87.3 Å². The summed E-state index contributed by atoms with van der Waals surface area (Å²) in [5, 5.41) is 0. The van der Waals surface area contributed by atoms with Crippen LogP contribution >= 0.6 is 0 Å². The summed E-state index contributed by atoms with van der Waals surface area (Å²) in [6.45, 7) is 6.77. The van der Waals surface area contributed by atoms with E-state index in [1.54, 1.807) is 0 Å². The summed E-state index contributed by atoms with van der Waals surface area (Å²) in [6, 6.07) is 13.8. The Balaban J connectivity index is 0.00000420. The van der Waals surface area contributed by atoms with Crippen LogP contribution in [0.3, 0.4) is 0 Å². The first-order valence-electron chi connectivity index (χ1n) is 11.8. The Hall–Kier alpha value is -1.34. The molecular weight excluding hydrogens is 374 g/mol. The van der Waals surface area contributed by atoms with Crippen molar-refractivity contribution in [3.8, 4) is 0 Å². The van der Waals surface area contributed by atoms with E-state index in [0.29, 0.717) is 6.04 Å². The average molecular weight is 416 g/mol. The quantitative estimate of drug-likeness (QED) is 0.309. The number of rotatable bonds is 14. The van der Waals surface area contributed by atoms with Crippen LogP contribution in [0, 0.1) is 6.92 Å². The Morgan fingerprint density at radius 3 is 1.93 bits per heavy atom.